The van der Waals surface area contributed by atoms with Crippen molar-refractivity contribution in [1.29, 1.82) is 0 Å². The third kappa shape index (κ3) is 2.17. The molecule has 3 nitrogen and oxygen atoms in total. The molecule has 3 heteroatoms. The molecule has 2 saturated carbocycles. The topological polar surface area (TPSA) is 46.5 Å². The van der Waals surface area contributed by atoms with Gasteiger partial charge in [0.1, 0.15) is 6.10 Å². The second-order valence-corrected chi connectivity index (χ2v) is 8.76. The summed E-state index contributed by atoms with van der Waals surface area (Å²) in [5.74, 6) is -0.0734. The molecule has 1 N–H and O–H groups in total. The Hall–Kier alpha value is -1.09. The fraction of sp³-hybridized carbons (Fsp3) is 0.737. The summed E-state index contributed by atoms with van der Waals surface area (Å²) < 4.78 is 5.64. The molecule has 0 radical (unpaired) electrons. The van der Waals surface area contributed by atoms with Crippen molar-refractivity contribution >= 4 is 5.97 Å². The summed E-state index contributed by atoms with van der Waals surface area (Å²) in [4.78, 5) is 11.9. The van der Waals surface area contributed by atoms with Crippen LogP contribution in [0.25, 0.3) is 0 Å². The molecule has 5 atom stereocenters. The van der Waals surface area contributed by atoms with Gasteiger partial charge in [0.05, 0.1) is 6.10 Å². The van der Waals surface area contributed by atoms with E-state index in [1.807, 2.05) is 6.08 Å². The molecule has 5 unspecified atom stereocenters. The Bertz CT molecular complexity index is 547. The lowest BCUT2D eigenvalue weighted by Crippen LogP contribution is -2.44. The molecule has 0 spiro atoms. The van der Waals surface area contributed by atoms with Gasteiger partial charge in [0.15, 0.2) is 0 Å². The van der Waals surface area contributed by atoms with Crippen LogP contribution in [0, 0.1) is 22.2 Å². The van der Waals surface area contributed by atoms with Gasteiger partial charge in [0.25, 0.3) is 0 Å². The zero-order valence-corrected chi connectivity index (χ0v) is 14.2. The maximum absolute atomic E-state index is 11.9. The first-order chi connectivity index (χ1) is 10.1. The minimum Gasteiger partial charge on any atom is -0.454 e. The average molecular weight is 304 g/mol. The van der Waals surface area contributed by atoms with Crippen LogP contribution in [-0.4, -0.2) is 23.3 Å². The minimum absolute atomic E-state index is 0.0686. The van der Waals surface area contributed by atoms with E-state index in [2.05, 4.69) is 34.3 Å². The molecule has 0 amide bonds. The zero-order valence-electron chi connectivity index (χ0n) is 14.2. The first-order valence-corrected chi connectivity index (χ1v) is 8.36. The van der Waals surface area contributed by atoms with Crippen LogP contribution in [0.1, 0.15) is 53.4 Å². The SMILES string of the molecule is C=CC1(C)CCC2(C)C3=CC(=O)OC3C(C)(C)CC(O)C2C1. The molecule has 0 aromatic rings. The molecule has 0 saturated heterocycles. The van der Waals surface area contributed by atoms with E-state index in [9.17, 15) is 9.90 Å². The van der Waals surface area contributed by atoms with Crippen LogP contribution in [0.15, 0.2) is 24.3 Å². The van der Waals surface area contributed by atoms with Crippen molar-refractivity contribution in [3.05, 3.63) is 24.3 Å². The van der Waals surface area contributed by atoms with E-state index in [0.717, 1.165) is 24.8 Å². The highest BCUT2D eigenvalue weighted by atomic mass is 16.5. The van der Waals surface area contributed by atoms with Gasteiger partial charge >= 0.3 is 5.97 Å². The van der Waals surface area contributed by atoms with E-state index in [0.29, 0.717) is 6.42 Å². The van der Waals surface area contributed by atoms with Crippen molar-refractivity contribution < 1.29 is 14.6 Å². The summed E-state index contributed by atoms with van der Waals surface area (Å²) in [6.07, 6.45) is 6.76. The van der Waals surface area contributed by atoms with Crippen molar-refractivity contribution in [2.24, 2.45) is 22.2 Å². The van der Waals surface area contributed by atoms with Crippen molar-refractivity contribution in [1.82, 2.24) is 0 Å². The van der Waals surface area contributed by atoms with Crippen LogP contribution in [0.3, 0.4) is 0 Å². The monoisotopic (exact) mass is 304 g/mol. The molecule has 0 aromatic heterocycles. The van der Waals surface area contributed by atoms with E-state index in [4.69, 9.17) is 4.74 Å². The van der Waals surface area contributed by atoms with E-state index in [1.54, 1.807) is 6.08 Å². The highest BCUT2D eigenvalue weighted by Crippen LogP contribution is 2.60. The standard InChI is InChI=1S/C19H28O3/c1-6-18(4)7-8-19(5)12-9-15(21)22-16(12)17(2,3)11-14(20)13(19)10-18/h6,9,13-14,16,20H,1,7-8,10-11H2,2-5H3. The number of aliphatic hydroxyl groups is 1. The smallest absolute Gasteiger partial charge is 0.331 e. The molecule has 3 rings (SSSR count). The second kappa shape index (κ2) is 4.70. The lowest BCUT2D eigenvalue weighted by atomic mass is 9.55. The summed E-state index contributed by atoms with van der Waals surface area (Å²) in [5, 5.41) is 10.9. The number of carbonyl (C=O) groups excluding carboxylic acids is 1. The van der Waals surface area contributed by atoms with Gasteiger partial charge < -0.3 is 9.84 Å². The summed E-state index contributed by atoms with van der Waals surface area (Å²) in [6.45, 7) is 12.6. The number of carbonyl (C=O) groups is 1. The molecule has 2 aliphatic carbocycles. The van der Waals surface area contributed by atoms with Crippen LogP contribution in [0.4, 0.5) is 0 Å². The predicted octanol–water partition coefficient (Wildman–Crippen LogP) is 3.63. The lowest BCUT2D eigenvalue weighted by molar-refractivity contribution is -0.143. The van der Waals surface area contributed by atoms with Crippen LogP contribution >= 0.6 is 0 Å². The van der Waals surface area contributed by atoms with E-state index in [-0.39, 0.29) is 40.3 Å². The molecule has 1 heterocycles. The third-order valence-electron chi connectivity index (χ3n) is 6.57. The number of hydrogen-bond acceptors (Lipinski definition) is 3. The Morgan fingerprint density at radius 2 is 1.95 bits per heavy atom. The molecule has 3 aliphatic rings. The molecular weight excluding hydrogens is 276 g/mol. The first kappa shape index (κ1) is 15.8. The summed E-state index contributed by atoms with van der Waals surface area (Å²) in [7, 11) is 0. The molecule has 2 fully saturated rings. The number of aliphatic hydroxyl groups excluding tert-OH is 1. The van der Waals surface area contributed by atoms with E-state index >= 15 is 0 Å². The zero-order chi connectivity index (χ0) is 16.3. The van der Waals surface area contributed by atoms with Crippen LogP contribution in [0.5, 0.6) is 0 Å². The largest absolute Gasteiger partial charge is 0.454 e. The van der Waals surface area contributed by atoms with Crippen LogP contribution in [0.2, 0.25) is 0 Å². The number of fused-ring (bicyclic) bond motifs is 3. The van der Waals surface area contributed by atoms with Gasteiger partial charge in [-0.05, 0) is 48.0 Å². The van der Waals surface area contributed by atoms with E-state index in [1.165, 1.54) is 0 Å². The molecular formula is C19H28O3. The van der Waals surface area contributed by atoms with Gasteiger partial charge in [-0.25, -0.2) is 4.79 Å². The fourth-order valence-corrected chi connectivity index (χ4v) is 4.91. The molecule has 122 valence electrons. The maximum atomic E-state index is 11.9. The third-order valence-corrected chi connectivity index (χ3v) is 6.57. The van der Waals surface area contributed by atoms with Crippen molar-refractivity contribution in [3.8, 4) is 0 Å². The van der Waals surface area contributed by atoms with Gasteiger partial charge in [0, 0.05) is 11.5 Å². The number of hydrogen-bond donors (Lipinski definition) is 1. The normalized spacial score (nSPS) is 46.9. The minimum atomic E-state index is -0.371. The van der Waals surface area contributed by atoms with Gasteiger partial charge in [-0.1, -0.05) is 33.8 Å². The Morgan fingerprint density at radius 3 is 2.59 bits per heavy atom. The summed E-state index contributed by atoms with van der Waals surface area (Å²) >= 11 is 0. The van der Waals surface area contributed by atoms with Gasteiger partial charge in [0.2, 0.25) is 0 Å². The highest BCUT2D eigenvalue weighted by Gasteiger charge is 2.57. The van der Waals surface area contributed by atoms with Crippen molar-refractivity contribution in [2.75, 3.05) is 0 Å². The lowest BCUT2D eigenvalue weighted by Gasteiger charge is -2.49. The number of esters is 1. The molecule has 22 heavy (non-hydrogen) atoms. The van der Waals surface area contributed by atoms with Crippen LogP contribution < -0.4 is 0 Å². The molecule has 0 aromatic carbocycles. The van der Waals surface area contributed by atoms with E-state index < -0.39 is 0 Å². The predicted molar refractivity (Wildman–Crippen MR) is 86.1 cm³/mol. The Morgan fingerprint density at radius 1 is 1.27 bits per heavy atom. The number of rotatable bonds is 1. The Kier molecular flexibility index (Phi) is 3.38. The second-order valence-electron chi connectivity index (χ2n) is 8.76. The fourth-order valence-electron chi connectivity index (χ4n) is 4.91. The first-order valence-electron chi connectivity index (χ1n) is 8.36. The van der Waals surface area contributed by atoms with Gasteiger partial charge in [-0.3, -0.25) is 0 Å². The van der Waals surface area contributed by atoms with Gasteiger partial charge in [-0.15, -0.1) is 6.58 Å². The average Bonchev–Trinajstić information content (AvgIpc) is 2.82. The number of allylic oxidation sites excluding steroid dienone is 1. The Balaban J connectivity index is 2.08. The summed E-state index contributed by atoms with van der Waals surface area (Å²) in [5.41, 5.74) is 0.781. The Labute approximate surface area is 133 Å². The molecule has 1 aliphatic heterocycles. The highest BCUT2D eigenvalue weighted by molar-refractivity contribution is 5.86. The van der Waals surface area contributed by atoms with Crippen molar-refractivity contribution in [2.45, 2.75) is 65.6 Å². The molecule has 0 bridgehead atoms. The summed E-state index contributed by atoms with van der Waals surface area (Å²) in [6, 6.07) is 0. The van der Waals surface area contributed by atoms with Gasteiger partial charge in [-0.2, -0.15) is 0 Å². The number of ether oxygens (including phenoxy) is 1. The van der Waals surface area contributed by atoms with Crippen LogP contribution in [-0.2, 0) is 9.53 Å². The quantitative estimate of drug-likeness (QED) is 0.594. The maximum Gasteiger partial charge on any atom is 0.331 e. The van der Waals surface area contributed by atoms with Crippen molar-refractivity contribution in [3.63, 3.8) is 0 Å².